The van der Waals surface area contributed by atoms with Crippen molar-refractivity contribution in [2.45, 2.75) is 32.9 Å². The SMILES string of the molecule is Cc1ccc(CN2CCC[C@H](CNC(=O)Cn3cncn3)C2)cc1. The number of hydrogen-bond acceptors (Lipinski definition) is 4. The standard InChI is InChI=1S/C18H25N5O/c1-15-4-6-16(7-5-15)10-22-8-2-3-17(11-22)9-20-18(24)12-23-14-19-13-21-23/h4-7,13-14,17H,2-3,8-12H2,1H3,(H,20,24)/t17-/m1/s1. The highest BCUT2D eigenvalue weighted by Crippen LogP contribution is 2.18. The van der Waals surface area contributed by atoms with E-state index < -0.39 is 0 Å². The van der Waals surface area contributed by atoms with Gasteiger partial charge in [-0.3, -0.25) is 9.69 Å². The second kappa shape index (κ2) is 8.06. The normalized spacial score (nSPS) is 18.5. The van der Waals surface area contributed by atoms with Gasteiger partial charge in [0, 0.05) is 19.6 Å². The second-order valence-corrected chi connectivity index (χ2v) is 6.63. The van der Waals surface area contributed by atoms with Gasteiger partial charge in [0.2, 0.25) is 5.91 Å². The Morgan fingerprint density at radius 1 is 1.33 bits per heavy atom. The molecule has 1 fully saturated rings. The van der Waals surface area contributed by atoms with Gasteiger partial charge >= 0.3 is 0 Å². The zero-order valence-corrected chi connectivity index (χ0v) is 14.2. The monoisotopic (exact) mass is 327 g/mol. The molecule has 2 aromatic rings. The number of nitrogens with one attached hydrogen (secondary N) is 1. The van der Waals surface area contributed by atoms with Gasteiger partial charge in [-0.1, -0.05) is 29.8 Å². The van der Waals surface area contributed by atoms with E-state index in [-0.39, 0.29) is 12.5 Å². The van der Waals surface area contributed by atoms with Crippen molar-refractivity contribution >= 4 is 5.91 Å². The van der Waals surface area contributed by atoms with Crippen LogP contribution in [0.15, 0.2) is 36.9 Å². The molecule has 0 bridgehead atoms. The van der Waals surface area contributed by atoms with Crippen molar-refractivity contribution in [2.75, 3.05) is 19.6 Å². The molecule has 0 spiro atoms. The summed E-state index contributed by atoms with van der Waals surface area (Å²) < 4.78 is 1.54. The van der Waals surface area contributed by atoms with Crippen molar-refractivity contribution in [1.29, 1.82) is 0 Å². The van der Waals surface area contributed by atoms with Gasteiger partial charge in [0.05, 0.1) is 0 Å². The summed E-state index contributed by atoms with van der Waals surface area (Å²) in [4.78, 5) is 18.3. The second-order valence-electron chi connectivity index (χ2n) is 6.63. The largest absolute Gasteiger partial charge is 0.354 e. The summed E-state index contributed by atoms with van der Waals surface area (Å²) in [6.07, 6.45) is 5.37. The number of piperidine rings is 1. The van der Waals surface area contributed by atoms with Gasteiger partial charge in [0.1, 0.15) is 19.2 Å². The molecule has 0 radical (unpaired) electrons. The zero-order chi connectivity index (χ0) is 16.8. The summed E-state index contributed by atoms with van der Waals surface area (Å²) in [5.41, 5.74) is 2.65. The summed E-state index contributed by atoms with van der Waals surface area (Å²) >= 11 is 0. The van der Waals surface area contributed by atoms with Crippen LogP contribution in [0.3, 0.4) is 0 Å². The van der Waals surface area contributed by atoms with Crippen LogP contribution in [0.1, 0.15) is 24.0 Å². The fourth-order valence-corrected chi connectivity index (χ4v) is 3.19. The maximum Gasteiger partial charge on any atom is 0.241 e. The number of carbonyl (C=O) groups is 1. The van der Waals surface area contributed by atoms with Crippen LogP contribution in [-0.4, -0.2) is 45.2 Å². The Morgan fingerprint density at radius 2 is 2.17 bits per heavy atom. The quantitative estimate of drug-likeness (QED) is 0.876. The average molecular weight is 327 g/mol. The molecular weight excluding hydrogens is 302 g/mol. The number of nitrogens with zero attached hydrogens (tertiary/aromatic N) is 4. The van der Waals surface area contributed by atoms with Crippen molar-refractivity contribution in [3.05, 3.63) is 48.0 Å². The molecule has 1 atom stereocenters. The Bertz CT molecular complexity index is 638. The summed E-state index contributed by atoms with van der Waals surface area (Å²) in [6.45, 7) is 6.25. The average Bonchev–Trinajstić information content (AvgIpc) is 3.08. The third-order valence-electron chi connectivity index (χ3n) is 4.49. The van der Waals surface area contributed by atoms with Gasteiger partial charge < -0.3 is 5.32 Å². The number of carbonyl (C=O) groups excluding carboxylic acids is 1. The van der Waals surface area contributed by atoms with Crippen LogP contribution in [0, 0.1) is 12.8 Å². The first-order valence-corrected chi connectivity index (χ1v) is 8.56. The first kappa shape index (κ1) is 16.6. The third-order valence-corrected chi connectivity index (χ3v) is 4.49. The number of likely N-dealkylation sites (tertiary alicyclic amines) is 1. The summed E-state index contributed by atoms with van der Waals surface area (Å²) in [5.74, 6) is 0.514. The van der Waals surface area contributed by atoms with Gasteiger partial charge in [-0.15, -0.1) is 0 Å². The first-order valence-electron chi connectivity index (χ1n) is 8.56. The van der Waals surface area contributed by atoms with Crippen LogP contribution < -0.4 is 5.32 Å². The molecule has 1 aromatic carbocycles. The molecule has 1 N–H and O–H groups in total. The number of aryl methyl sites for hydroxylation is 1. The van der Waals surface area contributed by atoms with E-state index in [0.717, 1.165) is 26.2 Å². The molecule has 1 aromatic heterocycles. The molecule has 1 amide bonds. The smallest absolute Gasteiger partial charge is 0.241 e. The van der Waals surface area contributed by atoms with E-state index in [0.29, 0.717) is 5.92 Å². The number of benzene rings is 1. The van der Waals surface area contributed by atoms with E-state index in [9.17, 15) is 4.79 Å². The molecule has 2 heterocycles. The molecule has 128 valence electrons. The van der Waals surface area contributed by atoms with E-state index in [4.69, 9.17) is 0 Å². The first-order chi connectivity index (χ1) is 11.7. The number of hydrogen-bond donors (Lipinski definition) is 1. The summed E-state index contributed by atoms with van der Waals surface area (Å²) in [7, 11) is 0. The maximum absolute atomic E-state index is 11.9. The van der Waals surface area contributed by atoms with Gasteiger partial charge in [0.25, 0.3) is 0 Å². The van der Waals surface area contributed by atoms with Gasteiger partial charge in [-0.05, 0) is 37.8 Å². The lowest BCUT2D eigenvalue weighted by Gasteiger charge is -2.32. The van der Waals surface area contributed by atoms with Crippen LogP contribution in [0.2, 0.25) is 0 Å². The van der Waals surface area contributed by atoms with Crippen molar-refractivity contribution in [3.8, 4) is 0 Å². The van der Waals surface area contributed by atoms with E-state index in [2.05, 4.69) is 51.5 Å². The lowest BCUT2D eigenvalue weighted by Crippen LogP contribution is -2.41. The van der Waals surface area contributed by atoms with Gasteiger partial charge in [-0.25, -0.2) is 9.67 Å². The maximum atomic E-state index is 11.9. The van der Waals surface area contributed by atoms with Gasteiger partial charge in [0.15, 0.2) is 0 Å². The topological polar surface area (TPSA) is 63.1 Å². The van der Waals surface area contributed by atoms with E-state index in [1.165, 1.54) is 30.3 Å². The molecule has 3 rings (SSSR count). The van der Waals surface area contributed by atoms with Crippen molar-refractivity contribution in [3.63, 3.8) is 0 Å². The third kappa shape index (κ3) is 4.89. The predicted octanol–water partition coefficient (Wildman–Crippen LogP) is 1.61. The van der Waals surface area contributed by atoms with Crippen LogP contribution in [0.5, 0.6) is 0 Å². The van der Waals surface area contributed by atoms with Crippen molar-refractivity contribution < 1.29 is 4.79 Å². The highest BCUT2D eigenvalue weighted by molar-refractivity contribution is 5.75. The molecule has 0 saturated carbocycles. The highest BCUT2D eigenvalue weighted by atomic mass is 16.2. The predicted molar refractivity (Wildman–Crippen MR) is 92.2 cm³/mol. The molecule has 24 heavy (non-hydrogen) atoms. The lowest BCUT2D eigenvalue weighted by atomic mass is 9.97. The number of amides is 1. The molecule has 0 aliphatic carbocycles. The number of rotatable bonds is 6. The molecular formula is C18H25N5O. The molecule has 0 unspecified atom stereocenters. The fourth-order valence-electron chi connectivity index (χ4n) is 3.19. The molecule has 1 aliphatic heterocycles. The minimum absolute atomic E-state index is 0.00356. The van der Waals surface area contributed by atoms with E-state index in [1.54, 1.807) is 11.0 Å². The van der Waals surface area contributed by atoms with E-state index >= 15 is 0 Å². The Hall–Kier alpha value is -2.21. The minimum atomic E-state index is -0.00356. The van der Waals surface area contributed by atoms with E-state index in [1.807, 2.05) is 0 Å². The van der Waals surface area contributed by atoms with Crippen molar-refractivity contribution in [2.24, 2.45) is 5.92 Å². The molecule has 6 heteroatoms. The van der Waals surface area contributed by atoms with Gasteiger partial charge in [-0.2, -0.15) is 5.10 Å². The molecule has 1 saturated heterocycles. The Morgan fingerprint density at radius 3 is 2.92 bits per heavy atom. The van der Waals surface area contributed by atoms with Crippen LogP contribution >= 0.6 is 0 Å². The fraction of sp³-hybridized carbons (Fsp3) is 0.500. The van der Waals surface area contributed by atoms with Crippen LogP contribution in [-0.2, 0) is 17.9 Å². The Balaban J connectivity index is 1.43. The Kier molecular flexibility index (Phi) is 5.59. The van der Waals surface area contributed by atoms with Crippen LogP contribution in [0.4, 0.5) is 0 Å². The molecule has 6 nitrogen and oxygen atoms in total. The Labute approximate surface area is 142 Å². The summed E-state index contributed by atoms with van der Waals surface area (Å²) in [6, 6.07) is 8.75. The number of aromatic nitrogens is 3. The lowest BCUT2D eigenvalue weighted by molar-refractivity contribution is -0.122. The minimum Gasteiger partial charge on any atom is -0.354 e. The zero-order valence-electron chi connectivity index (χ0n) is 14.2. The van der Waals surface area contributed by atoms with Crippen LogP contribution in [0.25, 0.3) is 0 Å². The molecule has 1 aliphatic rings. The summed E-state index contributed by atoms with van der Waals surface area (Å²) in [5, 5.41) is 6.98. The highest BCUT2D eigenvalue weighted by Gasteiger charge is 2.20. The van der Waals surface area contributed by atoms with Crippen molar-refractivity contribution in [1.82, 2.24) is 25.0 Å².